The smallest absolute Gasteiger partial charge is 0.0354 e. The second-order valence-electron chi connectivity index (χ2n) is 4.15. The Labute approximate surface area is 85.8 Å². The van der Waals surface area contributed by atoms with Gasteiger partial charge in [0, 0.05) is 12.2 Å². The quantitative estimate of drug-likeness (QED) is 0.717. The van der Waals surface area contributed by atoms with Gasteiger partial charge >= 0.3 is 0 Å². The summed E-state index contributed by atoms with van der Waals surface area (Å²) in [7, 11) is 0. The van der Waals surface area contributed by atoms with Gasteiger partial charge in [-0.1, -0.05) is 18.2 Å². The van der Waals surface area contributed by atoms with Crippen molar-refractivity contribution in [2.24, 2.45) is 0 Å². The van der Waals surface area contributed by atoms with Crippen molar-refractivity contribution in [3.63, 3.8) is 0 Å². The number of hydrogen-bond acceptors (Lipinski definition) is 1. The normalized spacial score (nSPS) is 13.8. The lowest BCUT2D eigenvalue weighted by Crippen LogP contribution is -2.02. The molecule has 1 aromatic carbocycles. The first-order valence-electron chi connectivity index (χ1n) is 5.26. The average molecular weight is 187 g/mol. The predicted molar refractivity (Wildman–Crippen MR) is 61.8 cm³/mol. The van der Waals surface area contributed by atoms with Gasteiger partial charge in [0.05, 0.1) is 0 Å². The molecule has 0 fully saturated rings. The Hall–Kier alpha value is -1.24. The fraction of sp³-hybridized carbons (Fsp3) is 0.385. The van der Waals surface area contributed by atoms with Gasteiger partial charge in [0.2, 0.25) is 0 Å². The Morgan fingerprint density at radius 3 is 2.93 bits per heavy atom. The van der Waals surface area contributed by atoms with Gasteiger partial charge in [0.15, 0.2) is 0 Å². The van der Waals surface area contributed by atoms with E-state index in [1.54, 1.807) is 0 Å². The molecule has 2 rings (SSSR count). The molecule has 1 nitrogen and oxygen atoms in total. The van der Waals surface area contributed by atoms with Crippen LogP contribution in [0.3, 0.4) is 0 Å². The highest BCUT2D eigenvalue weighted by Crippen LogP contribution is 2.24. The molecule has 1 aromatic rings. The zero-order valence-corrected chi connectivity index (χ0v) is 8.77. The van der Waals surface area contributed by atoms with E-state index < -0.39 is 0 Å². The third-order valence-electron chi connectivity index (χ3n) is 2.69. The number of nitrogens with one attached hydrogen (secondary N) is 1. The van der Waals surface area contributed by atoms with E-state index in [9.17, 15) is 0 Å². The van der Waals surface area contributed by atoms with Crippen molar-refractivity contribution in [1.29, 1.82) is 0 Å². The maximum Gasteiger partial charge on any atom is 0.0354 e. The first kappa shape index (κ1) is 9.32. The van der Waals surface area contributed by atoms with Gasteiger partial charge in [-0.25, -0.2) is 0 Å². The van der Waals surface area contributed by atoms with Crippen LogP contribution in [0.25, 0.3) is 0 Å². The van der Waals surface area contributed by atoms with Crippen LogP contribution in [0, 0.1) is 0 Å². The molecule has 0 aromatic heterocycles. The second kappa shape index (κ2) is 3.87. The molecule has 0 unspecified atom stereocenters. The lowest BCUT2D eigenvalue weighted by molar-refractivity contribution is 0.912. The number of hydrogen-bond donors (Lipinski definition) is 1. The van der Waals surface area contributed by atoms with Crippen LogP contribution in [0.5, 0.6) is 0 Å². The van der Waals surface area contributed by atoms with Crippen molar-refractivity contribution in [3.05, 3.63) is 41.5 Å². The van der Waals surface area contributed by atoms with Crippen molar-refractivity contribution < 1.29 is 0 Å². The summed E-state index contributed by atoms with van der Waals surface area (Å²) in [4.78, 5) is 0. The summed E-state index contributed by atoms with van der Waals surface area (Å²) in [5, 5.41) is 3.37. The minimum Gasteiger partial charge on any atom is -0.381 e. The molecule has 0 radical (unpaired) electrons. The molecular weight excluding hydrogens is 170 g/mol. The van der Waals surface area contributed by atoms with Gasteiger partial charge in [-0.05, 0) is 49.4 Å². The molecule has 0 saturated carbocycles. The zero-order valence-electron chi connectivity index (χ0n) is 8.77. The molecule has 1 N–H and O–H groups in total. The monoisotopic (exact) mass is 187 g/mol. The minimum atomic E-state index is 0.874. The van der Waals surface area contributed by atoms with Gasteiger partial charge in [0.1, 0.15) is 0 Å². The zero-order chi connectivity index (χ0) is 9.97. The van der Waals surface area contributed by atoms with E-state index in [0.717, 1.165) is 6.54 Å². The molecule has 1 aliphatic rings. The molecule has 0 saturated heterocycles. The Morgan fingerprint density at radius 2 is 2.14 bits per heavy atom. The maximum absolute atomic E-state index is 3.88. The first-order chi connectivity index (χ1) is 6.75. The van der Waals surface area contributed by atoms with Crippen molar-refractivity contribution >= 4 is 5.69 Å². The summed E-state index contributed by atoms with van der Waals surface area (Å²) >= 11 is 0. The van der Waals surface area contributed by atoms with Crippen molar-refractivity contribution in [1.82, 2.24) is 0 Å². The maximum atomic E-state index is 3.88. The fourth-order valence-electron chi connectivity index (χ4n) is 1.93. The number of fused-ring (bicyclic) bond motifs is 1. The standard InChI is InChI=1S/C13H17N/c1-10(2)9-14-13-7-6-11-4-3-5-12(11)8-13/h6-8,14H,1,3-5,9H2,2H3. The molecule has 0 atom stereocenters. The summed E-state index contributed by atoms with van der Waals surface area (Å²) in [5.74, 6) is 0. The van der Waals surface area contributed by atoms with Crippen molar-refractivity contribution in [3.8, 4) is 0 Å². The predicted octanol–water partition coefficient (Wildman–Crippen LogP) is 3.16. The van der Waals surface area contributed by atoms with E-state index in [1.165, 1.54) is 41.6 Å². The Bertz CT molecular complexity index is 352. The van der Waals surface area contributed by atoms with E-state index in [0.29, 0.717) is 0 Å². The van der Waals surface area contributed by atoms with Gasteiger partial charge in [-0.2, -0.15) is 0 Å². The summed E-state index contributed by atoms with van der Waals surface area (Å²) < 4.78 is 0. The number of aryl methyl sites for hydroxylation is 2. The van der Waals surface area contributed by atoms with Crippen LogP contribution in [-0.4, -0.2) is 6.54 Å². The molecular formula is C13H17N. The third-order valence-corrected chi connectivity index (χ3v) is 2.69. The van der Waals surface area contributed by atoms with Gasteiger partial charge in [0.25, 0.3) is 0 Å². The summed E-state index contributed by atoms with van der Waals surface area (Å²) in [6.07, 6.45) is 3.83. The third kappa shape index (κ3) is 1.98. The Kier molecular flexibility index (Phi) is 2.58. The van der Waals surface area contributed by atoms with Crippen molar-refractivity contribution in [2.75, 3.05) is 11.9 Å². The van der Waals surface area contributed by atoms with Gasteiger partial charge in [-0.3, -0.25) is 0 Å². The van der Waals surface area contributed by atoms with Crippen LogP contribution in [0.1, 0.15) is 24.5 Å². The second-order valence-corrected chi connectivity index (χ2v) is 4.15. The van der Waals surface area contributed by atoms with Crippen molar-refractivity contribution in [2.45, 2.75) is 26.2 Å². The lowest BCUT2D eigenvalue weighted by atomic mass is 10.1. The largest absolute Gasteiger partial charge is 0.381 e. The molecule has 14 heavy (non-hydrogen) atoms. The molecule has 0 amide bonds. The lowest BCUT2D eigenvalue weighted by Gasteiger charge is -2.07. The van der Waals surface area contributed by atoms with Crippen LogP contribution in [0.4, 0.5) is 5.69 Å². The Balaban J connectivity index is 2.09. The van der Waals surface area contributed by atoms with Gasteiger partial charge in [-0.15, -0.1) is 0 Å². The van der Waals surface area contributed by atoms with Crippen LogP contribution >= 0.6 is 0 Å². The van der Waals surface area contributed by atoms with Crippen LogP contribution < -0.4 is 5.32 Å². The highest BCUT2D eigenvalue weighted by Gasteiger charge is 2.10. The van der Waals surface area contributed by atoms with E-state index >= 15 is 0 Å². The van der Waals surface area contributed by atoms with E-state index in [4.69, 9.17) is 0 Å². The average Bonchev–Trinajstić information content (AvgIpc) is 2.61. The Morgan fingerprint density at radius 1 is 1.36 bits per heavy atom. The highest BCUT2D eigenvalue weighted by atomic mass is 14.9. The first-order valence-corrected chi connectivity index (χ1v) is 5.26. The molecule has 1 aliphatic carbocycles. The molecule has 0 heterocycles. The number of rotatable bonds is 3. The number of anilines is 1. The summed E-state index contributed by atoms with van der Waals surface area (Å²) in [6, 6.07) is 6.71. The molecule has 0 aliphatic heterocycles. The summed E-state index contributed by atoms with van der Waals surface area (Å²) in [6.45, 7) is 6.80. The molecule has 74 valence electrons. The molecule has 0 spiro atoms. The minimum absolute atomic E-state index is 0.874. The van der Waals surface area contributed by atoms with Crippen LogP contribution in [-0.2, 0) is 12.8 Å². The fourth-order valence-corrected chi connectivity index (χ4v) is 1.93. The SMILES string of the molecule is C=C(C)CNc1ccc2c(c1)CCC2. The van der Waals surface area contributed by atoms with Gasteiger partial charge < -0.3 is 5.32 Å². The highest BCUT2D eigenvalue weighted by molar-refractivity contribution is 5.50. The molecule has 0 bridgehead atoms. The topological polar surface area (TPSA) is 12.0 Å². The molecule has 1 heteroatoms. The summed E-state index contributed by atoms with van der Waals surface area (Å²) in [5.41, 5.74) is 5.46. The van der Waals surface area contributed by atoms with E-state index in [2.05, 4.69) is 30.1 Å². The van der Waals surface area contributed by atoms with Crippen LogP contribution in [0.2, 0.25) is 0 Å². The van der Waals surface area contributed by atoms with E-state index in [1.807, 2.05) is 6.92 Å². The van der Waals surface area contributed by atoms with E-state index in [-0.39, 0.29) is 0 Å². The van der Waals surface area contributed by atoms with Crippen LogP contribution in [0.15, 0.2) is 30.4 Å². The number of benzene rings is 1.